The Bertz CT molecular complexity index is 1440. The van der Waals surface area contributed by atoms with Crippen molar-refractivity contribution < 1.29 is 9.18 Å². The van der Waals surface area contributed by atoms with Crippen molar-refractivity contribution in [3.05, 3.63) is 71.9 Å². The Labute approximate surface area is 194 Å². The number of fused-ring (bicyclic) bond motifs is 1. The van der Waals surface area contributed by atoms with Crippen molar-refractivity contribution >= 4 is 23.1 Å². The second-order valence-corrected chi connectivity index (χ2v) is 8.28. The molecule has 0 saturated carbocycles. The molecule has 0 unspecified atom stereocenters. The molecule has 34 heavy (non-hydrogen) atoms. The van der Waals surface area contributed by atoms with Crippen LogP contribution in [0.1, 0.15) is 17.5 Å². The van der Waals surface area contributed by atoms with Crippen LogP contribution in [0.3, 0.4) is 0 Å². The Hall–Kier alpha value is -4.36. The monoisotopic (exact) mass is 456 g/mol. The number of carbonyl (C=O) groups is 1. The van der Waals surface area contributed by atoms with Crippen molar-refractivity contribution in [1.82, 2.24) is 19.6 Å². The first-order valence-corrected chi connectivity index (χ1v) is 10.7. The summed E-state index contributed by atoms with van der Waals surface area (Å²) < 4.78 is 15.2. The van der Waals surface area contributed by atoms with E-state index in [0.29, 0.717) is 41.5 Å². The van der Waals surface area contributed by atoms with Crippen molar-refractivity contribution in [2.75, 3.05) is 23.4 Å². The van der Waals surface area contributed by atoms with Crippen molar-refractivity contribution in [1.29, 1.82) is 5.26 Å². The Morgan fingerprint density at radius 3 is 2.82 bits per heavy atom. The lowest BCUT2D eigenvalue weighted by atomic mass is 10.1. The highest BCUT2D eigenvalue weighted by Crippen LogP contribution is 2.30. The Morgan fingerprint density at radius 1 is 1.24 bits per heavy atom. The van der Waals surface area contributed by atoms with E-state index in [9.17, 15) is 14.4 Å². The number of pyridine rings is 1. The van der Waals surface area contributed by atoms with Gasteiger partial charge in [0.05, 0.1) is 29.3 Å². The van der Waals surface area contributed by atoms with Crippen LogP contribution in [0.4, 0.5) is 15.9 Å². The summed E-state index contributed by atoms with van der Waals surface area (Å²) in [6, 6.07) is 12.4. The first-order chi connectivity index (χ1) is 16.4. The van der Waals surface area contributed by atoms with Gasteiger partial charge in [-0.2, -0.15) is 5.26 Å². The van der Waals surface area contributed by atoms with Crippen LogP contribution >= 0.6 is 0 Å². The normalized spacial score (nSPS) is 15.6. The highest BCUT2D eigenvalue weighted by Gasteiger charge is 2.29. The number of imidazole rings is 1. The van der Waals surface area contributed by atoms with Crippen LogP contribution < -0.4 is 15.5 Å². The number of amides is 1. The number of nitriles is 1. The molecule has 1 aliphatic rings. The molecule has 1 aliphatic heterocycles. The van der Waals surface area contributed by atoms with Crippen LogP contribution in [0.15, 0.2) is 55.0 Å². The molecule has 5 rings (SSSR count). The maximum Gasteiger partial charge on any atom is 0.228 e. The van der Waals surface area contributed by atoms with Gasteiger partial charge < -0.3 is 15.5 Å². The Kier molecular flexibility index (Phi) is 5.39. The number of halogens is 1. The van der Waals surface area contributed by atoms with Gasteiger partial charge in [-0.3, -0.25) is 9.78 Å². The van der Waals surface area contributed by atoms with E-state index in [1.807, 2.05) is 30.1 Å². The number of carbonyl (C=O) groups excluding carboxylic acids is 1. The van der Waals surface area contributed by atoms with Crippen LogP contribution in [0, 0.1) is 17.1 Å². The molecular formula is C24H21FN8O. The molecule has 3 aromatic heterocycles. The van der Waals surface area contributed by atoms with Crippen molar-refractivity contribution in [2.45, 2.75) is 19.0 Å². The van der Waals surface area contributed by atoms with E-state index in [2.05, 4.69) is 16.0 Å². The molecule has 10 heteroatoms. The lowest BCUT2D eigenvalue weighted by Crippen LogP contribution is -2.28. The SMILES string of the molecule is CN(Cc1cncc(F)c1)c1ccc2ncc(-c3ccc(N4C[C@@H](N)CC4=O)c(C#N)c3)n2n1. The molecule has 0 aliphatic carbocycles. The van der Waals surface area contributed by atoms with Crippen LogP contribution in [0.5, 0.6) is 0 Å². The smallest absolute Gasteiger partial charge is 0.228 e. The molecule has 4 heterocycles. The van der Waals surface area contributed by atoms with Crippen LogP contribution in [0.25, 0.3) is 16.9 Å². The quantitative estimate of drug-likeness (QED) is 0.490. The van der Waals surface area contributed by atoms with Gasteiger partial charge in [-0.05, 0) is 35.9 Å². The predicted molar refractivity (Wildman–Crippen MR) is 124 cm³/mol. The minimum Gasteiger partial charge on any atom is -0.354 e. The number of hydrogen-bond acceptors (Lipinski definition) is 7. The first kappa shape index (κ1) is 21.5. The summed E-state index contributed by atoms with van der Waals surface area (Å²) in [6.07, 6.45) is 4.74. The maximum absolute atomic E-state index is 13.5. The van der Waals surface area contributed by atoms with Crippen LogP contribution in [-0.2, 0) is 11.3 Å². The summed E-state index contributed by atoms with van der Waals surface area (Å²) in [7, 11) is 1.86. The van der Waals surface area contributed by atoms with Gasteiger partial charge in [0.15, 0.2) is 5.65 Å². The molecular weight excluding hydrogens is 435 g/mol. The van der Waals surface area contributed by atoms with Gasteiger partial charge in [0, 0.05) is 44.4 Å². The average Bonchev–Trinajstić information content (AvgIpc) is 3.40. The molecule has 0 radical (unpaired) electrons. The number of anilines is 2. The van der Waals surface area contributed by atoms with Gasteiger partial charge in [-0.25, -0.2) is 13.9 Å². The molecule has 0 bridgehead atoms. The molecule has 9 nitrogen and oxygen atoms in total. The lowest BCUT2D eigenvalue weighted by Gasteiger charge is -2.19. The van der Waals surface area contributed by atoms with Gasteiger partial charge in [0.25, 0.3) is 0 Å². The van der Waals surface area contributed by atoms with Crippen LogP contribution in [-0.4, -0.2) is 45.1 Å². The standard InChI is InChI=1S/C24H21FN8O/c1-31(13-15-6-18(25)11-28-10-15)23-5-4-22-29-12-21(33(22)30-23)16-2-3-20(17(7-16)9-26)32-14-19(27)8-24(32)34/h2-7,10-12,19H,8,13-14,27H2,1H3/t19-/m0/s1. The zero-order valence-electron chi connectivity index (χ0n) is 18.4. The highest BCUT2D eigenvalue weighted by molar-refractivity contribution is 5.97. The molecule has 170 valence electrons. The fourth-order valence-electron chi connectivity index (χ4n) is 4.15. The van der Waals surface area contributed by atoms with Crippen LogP contribution in [0.2, 0.25) is 0 Å². The van der Waals surface area contributed by atoms with E-state index in [0.717, 1.165) is 11.1 Å². The molecule has 1 aromatic carbocycles. The van der Waals surface area contributed by atoms with Gasteiger partial charge in [0.2, 0.25) is 5.91 Å². The third-order valence-electron chi connectivity index (χ3n) is 5.78. The molecule has 2 N–H and O–H groups in total. The molecule has 1 atom stereocenters. The summed E-state index contributed by atoms with van der Waals surface area (Å²) in [6.45, 7) is 0.813. The van der Waals surface area contributed by atoms with E-state index >= 15 is 0 Å². The Balaban J connectivity index is 1.48. The molecule has 1 saturated heterocycles. The third kappa shape index (κ3) is 3.93. The number of benzene rings is 1. The molecule has 4 aromatic rings. The van der Waals surface area contributed by atoms with E-state index in [4.69, 9.17) is 10.8 Å². The molecule has 0 spiro atoms. The summed E-state index contributed by atoms with van der Waals surface area (Å²) in [4.78, 5) is 24.0. The largest absolute Gasteiger partial charge is 0.354 e. The van der Waals surface area contributed by atoms with Crippen molar-refractivity contribution in [3.63, 3.8) is 0 Å². The predicted octanol–water partition coefficient (Wildman–Crippen LogP) is 2.50. The number of aromatic nitrogens is 4. The minimum absolute atomic E-state index is 0.0885. The summed E-state index contributed by atoms with van der Waals surface area (Å²) >= 11 is 0. The lowest BCUT2D eigenvalue weighted by molar-refractivity contribution is -0.117. The van der Waals surface area contributed by atoms with E-state index in [-0.39, 0.29) is 24.2 Å². The second-order valence-electron chi connectivity index (χ2n) is 8.28. The van der Waals surface area contributed by atoms with Gasteiger partial charge >= 0.3 is 0 Å². The zero-order chi connectivity index (χ0) is 23.8. The molecule has 1 fully saturated rings. The summed E-state index contributed by atoms with van der Waals surface area (Å²) in [5.41, 5.74) is 9.65. The first-order valence-electron chi connectivity index (χ1n) is 10.7. The van der Waals surface area contributed by atoms with E-state index in [1.165, 1.54) is 12.3 Å². The third-order valence-corrected chi connectivity index (χ3v) is 5.78. The average molecular weight is 456 g/mol. The minimum atomic E-state index is -0.388. The fourth-order valence-corrected chi connectivity index (χ4v) is 4.15. The van der Waals surface area contributed by atoms with E-state index < -0.39 is 0 Å². The van der Waals surface area contributed by atoms with Gasteiger partial charge in [-0.1, -0.05) is 6.07 Å². The summed E-state index contributed by atoms with van der Waals surface area (Å²) in [5.74, 6) is 0.180. The number of nitrogens with zero attached hydrogens (tertiary/aromatic N) is 7. The highest BCUT2D eigenvalue weighted by atomic mass is 19.1. The second kappa shape index (κ2) is 8.53. The van der Waals surface area contributed by atoms with E-state index in [1.54, 1.807) is 33.9 Å². The van der Waals surface area contributed by atoms with Crippen molar-refractivity contribution in [3.8, 4) is 17.3 Å². The maximum atomic E-state index is 13.5. The number of hydrogen-bond donors (Lipinski definition) is 1. The number of rotatable bonds is 5. The van der Waals surface area contributed by atoms with Crippen molar-refractivity contribution in [2.24, 2.45) is 5.73 Å². The topological polar surface area (TPSA) is 116 Å². The Morgan fingerprint density at radius 2 is 2.09 bits per heavy atom. The molecule has 1 amide bonds. The number of nitrogens with two attached hydrogens (primary N) is 1. The summed E-state index contributed by atoms with van der Waals surface area (Å²) in [5, 5.41) is 14.5. The van der Waals surface area contributed by atoms with Gasteiger partial charge in [-0.15, -0.1) is 5.10 Å². The zero-order valence-corrected chi connectivity index (χ0v) is 18.4. The fraction of sp³-hybridized carbons (Fsp3) is 0.208. The van der Waals surface area contributed by atoms with Gasteiger partial charge in [0.1, 0.15) is 17.7 Å².